The maximum absolute atomic E-state index is 13.7. The second-order valence-electron chi connectivity index (χ2n) is 8.87. The first-order chi connectivity index (χ1) is 19.4. The van der Waals surface area contributed by atoms with E-state index in [-0.39, 0.29) is 18.8 Å². The predicted molar refractivity (Wildman–Crippen MR) is 144 cm³/mol. The fraction of sp³-hybridized carbons (Fsp3) is 0.222. The summed E-state index contributed by atoms with van der Waals surface area (Å²) in [7, 11) is 1.49. The van der Waals surface area contributed by atoms with Crippen LogP contribution >= 0.6 is 11.3 Å². The summed E-state index contributed by atoms with van der Waals surface area (Å²) in [5, 5.41) is 3.59. The Morgan fingerprint density at radius 2 is 2.00 bits per heavy atom. The van der Waals surface area contributed by atoms with Crippen LogP contribution in [-0.4, -0.2) is 52.5 Å². The van der Waals surface area contributed by atoms with E-state index in [1.807, 2.05) is 0 Å². The van der Waals surface area contributed by atoms with E-state index >= 15 is 0 Å². The number of thiazole rings is 1. The van der Waals surface area contributed by atoms with E-state index < -0.39 is 18.6 Å². The summed E-state index contributed by atoms with van der Waals surface area (Å²) in [5.41, 5.74) is 1.91. The quantitative estimate of drug-likeness (QED) is 0.267. The molecule has 10 nitrogen and oxygen atoms in total. The second kappa shape index (κ2) is 10.5. The van der Waals surface area contributed by atoms with Crippen molar-refractivity contribution >= 4 is 44.2 Å². The monoisotopic (exact) mass is 565 g/mol. The lowest BCUT2D eigenvalue weighted by Gasteiger charge is -2.26. The minimum Gasteiger partial charge on any atom is -0.495 e. The molecule has 0 bridgehead atoms. The van der Waals surface area contributed by atoms with Gasteiger partial charge in [0, 0.05) is 16.5 Å². The lowest BCUT2D eigenvalue weighted by Crippen LogP contribution is -2.35. The van der Waals surface area contributed by atoms with Crippen LogP contribution < -0.4 is 19.5 Å². The van der Waals surface area contributed by atoms with Crippen molar-refractivity contribution in [3.63, 3.8) is 0 Å². The predicted octanol–water partition coefficient (Wildman–Crippen LogP) is 5.94. The molecule has 204 valence electrons. The first-order valence-corrected chi connectivity index (χ1v) is 12.9. The number of aromatic nitrogens is 4. The van der Waals surface area contributed by atoms with Gasteiger partial charge in [0.05, 0.1) is 42.4 Å². The maximum atomic E-state index is 13.7. The number of hydrogen-bond acceptors (Lipinski definition) is 10. The normalized spacial score (nSPS) is 14.5. The molecule has 1 aliphatic heterocycles. The van der Waals surface area contributed by atoms with Gasteiger partial charge in [-0.2, -0.15) is 0 Å². The highest BCUT2D eigenvalue weighted by atomic mass is 32.1. The zero-order valence-corrected chi connectivity index (χ0v) is 22.0. The molecule has 40 heavy (non-hydrogen) atoms. The van der Waals surface area contributed by atoms with Crippen LogP contribution in [0.4, 0.5) is 19.3 Å². The molecule has 2 aromatic carbocycles. The van der Waals surface area contributed by atoms with Crippen LogP contribution in [0.5, 0.6) is 17.2 Å². The molecule has 6 rings (SSSR count). The Bertz CT molecular complexity index is 1730. The van der Waals surface area contributed by atoms with E-state index in [0.29, 0.717) is 60.5 Å². The third-order valence-electron chi connectivity index (χ3n) is 6.11. The van der Waals surface area contributed by atoms with E-state index in [0.717, 1.165) is 0 Å². The van der Waals surface area contributed by atoms with E-state index in [1.165, 1.54) is 49.2 Å². The topological polar surface area (TPSA) is 118 Å². The first-order valence-electron chi connectivity index (χ1n) is 12.1. The Hall–Kier alpha value is -4.65. The molecule has 0 spiro atoms. The van der Waals surface area contributed by atoms with Gasteiger partial charge in [0.1, 0.15) is 34.5 Å². The highest BCUT2D eigenvalue weighted by Gasteiger charge is 2.26. The summed E-state index contributed by atoms with van der Waals surface area (Å²) in [6.07, 6.45) is 0.621. The fourth-order valence-corrected chi connectivity index (χ4v) is 5.27. The molecule has 1 amide bonds. The zero-order chi connectivity index (χ0) is 27.8. The van der Waals surface area contributed by atoms with E-state index in [4.69, 9.17) is 18.9 Å². The SMILES string of the molecule is COc1cnc2c(-c3nc4ccc5c(c4s3)OC[C@H](COC(=O)Nc3cnc(C)nc3)O5)cc(C(F)F)cc2c1. The third-order valence-corrected chi connectivity index (χ3v) is 7.21. The Balaban J connectivity index is 1.23. The smallest absolute Gasteiger partial charge is 0.411 e. The van der Waals surface area contributed by atoms with Crippen LogP contribution in [0.3, 0.4) is 0 Å². The van der Waals surface area contributed by atoms with Gasteiger partial charge in [-0.15, -0.1) is 11.3 Å². The lowest BCUT2D eigenvalue weighted by atomic mass is 10.1. The van der Waals surface area contributed by atoms with Gasteiger partial charge in [0.25, 0.3) is 6.43 Å². The van der Waals surface area contributed by atoms with Crippen LogP contribution in [0.25, 0.3) is 31.7 Å². The number of carbonyl (C=O) groups excluding carboxylic acids is 1. The van der Waals surface area contributed by atoms with Gasteiger partial charge in [0.2, 0.25) is 0 Å². The van der Waals surface area contributed by atoms with Crippen molar-refractivity contribution in [2.24, 2.45) is 0 Å². The van der Waals surface area contributed by atoms with Gasteiger partial charge in [-0.1, -0.05) is 0 Å². The number of alkyl halides is 2. The largest absolute Gasteiger partial charge is 0.495 e. The molecule has 0 unspecified atom stereocenters. The number of ether oxygens (including phenoxy) is 4. The average molecular weight is 566 g/mol. The van der Waals surface area contributed by atoms with E-state index in [1.54, 1.807) is 25.1 Å². The minimum absolute atomic E-state index is 0.0501. The lowest BCUT2D eigenvalue weighted by molar-refractivity contribution is 0.0383. The zero-order valence-electron chi connectivity index (χ0n) is 21.2. The molecular weight excluding hydrogens is 544 g/mol. The van der Waals surface area contributed by atoms with Gasteiger partial charge in [-0.25, -0.2) is 28.5 Å². The molecule has 0 saturated carbocycles. The molecule has 1 N–H and O–H groups in total. The van der Waals surface area contributed by atoms with Crippen molar-refractivity contribution in [3.05, 3.63) is 60.3 Å². The van der Waals surface area contributed by atoms with Crippen molar-refractivity contribution in [2.45, 2.75) is 19.5 Å². The summed E-state index contributed by atoms with van der Waals surface area (Å²) < 4.78 is 50.7. The molecule has 13 heteroatoms. The van der Waals surface area contributed by atoms with Gasteiger partial charge < -0.3 is 18.9 Å². The fourth-order valence-electron chi connectivity index (χ4n) is 4.20. The number of pyridine rings is 1. The van der Waals surface area contributed by atoms with Crippen molar-refractivity contribution in [3.8, 4) is 27.8 Å². The van der Waals surface area contributed by atoms with Crippen LogP contribution in [0.1, 0.15) is 17.8 Å². The van der Waals surface area contributed by atoms with Crippen molar-refractivity contribution in [2.75, 3.05) is 25.6 Å². The molecule has 1 aliphatic rings. The first kappa shape index (κ1) is 25.6. The number of benzene rings is 2. The molecule has 5 aromatic rings. The molecule has 3 aromatic heterocycles. The van der Waals surface area contributed by atoms with Crippen molar-refractivity contribution < 1.29 is 32.5 Å². The van der Waals surface area contributed by atoms with Crippen LogP contribution in [-0.2, 0) is 4.74 Å². The molecule has 0 fully saturated rings. The van der Waals surface area contributed by atoms with Gasteiger partial charge in [-0.3, -0.25) is 10.3 Å². The maximum Gasteiger partial charge on any atom is 0.411 e. The molecule has 0 radical (unpaired) electrons. The summed E-state index contributed by atoms with van der Waals surface area (Å²) in [5.74, 6) is 2.00. The van der Waals surface area contributed by atoms with Gasteiger partial charge >= 0.3 is 6.09 Å². The third kappa shape index (κ3) is 5.02. The number of hydrogen-bond donors (Lipinski definition) is 1. The number of amides is 1. The Kier molecular flexibility index (Phi) is 6.72. The number of nitrogens with one attached hydrogen (secondary N) is 1. The number of methoxy groups -OCH3 is 1. The number of aryl methyl sites for hydroxylation is 1. The van der Waals surface area contributed by atoms with Crippen LogP contribution in [0.2, 0.25) is 0 Å². The number of carbonyl (C=O) groups is 1. The van der Waals surface area contributed by atoms with Crippen LogP contribution in [0, 0.1) is 6.92 Å². The van der Waals surface area contributed by atoms with Crippen molar-refractivity contribution in [1.29, 1.82) is 0 Å². The number of rotatable bonds is 6. The highest BCUT2D eigenvalue weighted by Crippen LogP contribution is 2.45. The number of anilines is 1. The van der Waals surface area contributed by atoms with E-state index in [9.17, 15) is 13.6 Å². The summed E-state index contributed by atoms with van der Waals surface area (Å²) in [6, 6.07) is 7.96. The Labute approximate surface area is 229 Å². The molecule has 4 heterocycles. The summed E-state index contributed by atoms with van der Waals surface area (Å²) in [6.45, 7) is 1.82. The minimum atomic E-state index is -2.67. The Morgan fingerprint density at radius 1 is 1.18 bits per heavy atom. The van der Waals surface area contributed by atoms with E-state index in [2.05, 4.69) is 25.3 Å². The molecular formula is C27H21F2N5O5S. The number of halogens is 2. The van der Waals surface area contributed by atoms with Crippen molar-refractivity contribution in [1.82, 2.24) is 19.9 Å². The van der Waals surface area contributed by atoms with Gasteiger partial charge in [0.15, 0.2) is 17.6 Å². The highest BCUT2D eigenvalue weighted by molar-refractivity contribution is 7.22. The average Bonchev–Trinajstić information content (AvgIpc) is 3.41. The number of fused-ring (bicyclic) bond motifs is 4. The molecule has 0 aliphatic carbocycles. The number of nitrogens with zero attached hydrogens (tertiary/aromatic N) is 4. The second-order valence-corrected chi connectivity index (χ2v) is 9.87. The summed E-state index contributed by atoms with van der Waals surface area (Å²) >= 11 is 1.29. The van der Waals surface area contributed by atoms with Gasteiger partial charge in [-0.05, 0) is 37.3 Å². The molecule has 1 atom stereocenters. The standard InChI is InChI=1S/C27H21F2N5O5S/c1-13-30-8-16(9-31-13)33-27(35)38-12-18-11-37-23-21(39-18)4-3-20-24(23)40-26(34-20)19-7-15(25(28)29)5-14-6-17(36-2)10-32-22(14)19/h3-10,18,25H,11-12H2,1-2H3,(H,33,35)/t18-/m1/s1. The van der Waals surface area contributed by atoms with Crippen LogP contribution in [0.15, 0.2) is 48.9 Å². The summed E-state index contributed by atoms with van der Waals surface area (Å²) in [4.78, 5) is 29.3. The molecule has 0 saturated heterocycles. The Morgan fingerprint density at radius 3 is 2.77 bits per heavy atom.